The largest absolute Gasteiger partial charge is 0.508 e. The number of carbonyl (C=O) groups excluding carboxylic acids is 1. The van der Waals surface area contributed by atoms with E-state index >= 15 is 0 Å². The van der Waals surface area contributed by atoms with Gasteiger partial charge in [-0.25, -0.2) is 0 Å². The van der Waals surface area contributed by atoms with E-state index in [1.54, 1.807) is 18.2 Å². The molecule has 0 aliphatic carbocycles. The van der Waals surface area contributed by atoms with Crippen molar-refractivity contribution >= 4 is 17.5 Å². The van der Waals surface area contributed by atoms with Gasteiger partial charge in [0.15, 0.2) is 0 Å². The number of piperidine rings is 1. The van der Waals surface area contributed by atoms with Crippen molar-refractivity contribution in [3.63, 3.8) is 0 Å². The number of phenols is 1. The molecule has 1 aromatic carbocycles. The summed E-state index contributed by atoms with van der Waals surface area (Å²) in [5.41, 5.74) is 1.47. The molecule has 1 heterocycles. The lowest BCUT2D eigenvalue weighted by Crippen LogP contribution is -2.43. The van der Waals surface area contributed by atoms with E-state index in [0.717, 1.165) is 12.0 Å². The number of nitrogens with zero attached hydrogens (tertiary/aromatic N) is 1. The van der Waals surface area contributed by atoms with E-state index in [2.05, 4.69) is 6.92 Å². The Balaban J connectivity index is 2.16. The van der Waals surface area contributed by atoms with E-state index in [4.69, 9.17) is 11.6 Å². The van der Waals surface area contributed by atoms with Gasteiger partial charge in [-0.2, -0.15) is 0 Å². The van der Waals surface area contributed by atoms with Crippen LogP contribution < -0.4 is 0 Å². The lowest BCUT2D eigenvalue weighted by Gasteiger charge is -2.34. The smallest absolute Gasteiger partial charge is 0.254 e. The zero-order chi connectivity index (χ0) is 13.3. The molecule has 0 saturated carbocycles. The van der Waals surface area contributed by atoms with E-state index in [1.807, 2.05) is 11.8 Å². The van der Waals surface area contributed by atoms with Gasteiger partial charge in [0.25, 0.3) is 5.91 Å². The maximum atomic E-state index is 12.4. The first kappa shape index (κ1) is 13.2. The number of benzene rings is 1. The second-order valence-corrected chi connectivity index (χ2v) is 5.59. The first-order valence-corrected chi connectivity index (χ1v) is 6.65. The first-order valence-electron chi connectivity index (χ1n) is 6.22. The molecule has 1 aliphatic heterocycles. The van der Waals surface area contributed by atoms with Gasteiger partial charge in [0.05, 0.1) is 0 Å². The van der Waals surface area contributed by atoms with Crippen LogP contribution in [0.15, 0.2) is 18.2 Å². The quantitative estimate of drug-likeness (QED) is 0.795. The zero-order valence-electron chi connectivity index (χ0n) is 10.7. The lowest BCUT2D eigenvalue weighted by molar-refractivity contribution is 0.0686. The van der Waals surface area contributed by atoms with Crippen molar-refractivity contribution in [2.45, 2.75) is 25.6 Å². The number of alkyl halides is 1. The molecular formula is C14H18ClNO2. The standard InChI is InChI=1S/C14H18ClNO2/c1-9-7-11(17)3-4-12(9)14(18)16-6-5-13(15)10(2)8-16/h3-4,7,10,13,17H,5-6,8H2,1-2H3. The van der Waals surface area contributed by atoms with Crippen LogP contribution in [0.1, 0.15) is 29.3 Å². The molecular weight excluding hydrogens is 250 g/mol. The highest BCUT2D eigenvalue weighted by molar-refractivity contribution is 6.20. The van der Waals surface area contributed by atoms with Crippen molar-refractivity contribution in [2.75, 3.05) is 13.1 Å². The highest BCUT2D eigenvalue weighted by atomic mass is 35.5. The number of phenolic OH excluding ortho intramolecular Hbond substituents is 1. The van der Waals surface area contributed by atoms with E-state index in [0.29, 0.717) is 24.6 Å². The number of aromatic hydroxyl groups is 1. The molecule has 3 nitrogen and oxygen atoms in total. The minimum absolute atomic E-state index is 0.0305. The maximum absolute atomic E-state index is 12.4. The van der Waals surface area contributed by atoms with Crippen molar-refractivity contribution < 1.29 is 9.90 Å². The average Bonchev–Trinajstić information content (AvgIpc) is 2.32. The third kappa shape index (κ3) is 2.61. The van der Waals surface area contributed by atoms with E-state index in [9.17, 15) is 9.90 Å². The number of halogens is 1. The van der Waals surface area contributed by atoms with Gasteiger partial charge in [0.2, 0.25) is 0 Å². The summed E-state index contributed by atoms with van der Waals surface area (Å²) in [6, 6.07) is 4.85. The summed E-state index contributed by atoms with van der Waals surface area (Å²) in [4.78, 5) is 14.2. The van der Waals surface area contributed by atoms with Crippen LogP contribution in [0.3, 0.4) is 0 Å². The molecule has 1 aliphatic rings. The van der Waals surface area contributed by atoms with Crippen LogP contribution in [0.25, 0.3) is 0 Å². The van der Waals surface area contributed by atoms with Gasteiger partial charge in [-0.05, 0) is 43.0 Å². The molecule has 0 spiro atoms. The normalized spacial score (nSPS) is 24.1. The third-order valence-corrected chi connectivity index (χ3v) is 4.18. The number of amides is 1. The van der Waals surface area contributed by atoms with Crippen LogP contribution in [0.2, 0.25) is 0 Å². The molecule has 0 aromatic heterocycles. The van der Waals surface area contributed by atoms with Crippen molar-refractivity contribution in [3.8, 4) is 5.75 Å². The fourth-order valence-electron chi connectivity index (χ4n) is 2.36. The van der Waals surface area contributed by atoms with Crippen molar-refractivity contribution in [2.24, 2.45) is 5.92 Å². The molecule has 1 fully saturated rings. The molecule has 2 unspecified atom stereocenters. The molecule has 1 N–H and O–H groups in total. The summed E-state index contributed by atoms with van der Waals surface area (Å²) in [5.74, 6) is 0.543. The summed E-state index contributed by atoms with van der Waals surface area (Å²) in [6.45, 7) is 5.32. The molecule has 4 heteroatoms. The van der Waals surface area contributed by atoms with Gasteiger partial charge in [-0.1, -0.05) is 6.92 Å². The fraction of sp³-hybridized carbons (Fsp3) is 0.500. The molecule has 1 amide bonds. The number of aryl methyl sites for hydroxylation is 1. The number of hydrogen-bond donors (Lipinski definition) is 1. The van der Waals surface area contributed by atoms with E-state index in [1.165, 1.54) is 0 Å². The Morgan fingerprint density at radius 2 is 2.22 bits per heavy atom. The van der Waals surface area contributed by atoms with Gasteiger partial charge in [0.1, 0.15) is 5.75 Å². The number of likely N-dealkylation sites (tertiary alicyclic amines) is 1. The summed E-state index contributed by atoms with van der Waals surface area (Å²) < 4.78 is 0. The number of hydrogen-bond acceptors (Lipinski definition) is 2. The van der Waals surface area contributed by atoms with Gasteiger partial charge >= 0.3 is 0 Å². The molecule has 1 aromatic rings. The molecule has 2 atom stereocenters. The summed E-state index contributed by atoms with van der Waals surface area (Å²) in [6.07, 6.45) is 0.839. The first-order chi connectivity index (χ1) is 8.49. The van der Waals surface area contributed by atoms with Gasteiger partial charge in [-0.3, -0.25) is 4.79 Å². The molecule has 18 heavy (non-hydrogen) atoms. The maximum Gasteiger partial charge on any atom is 0.254 e. The van der Waals surface area contributed by atoms with E-state index in [-0.39, 0.29) is 17.0 Å². The Labute approximate surface area is 112 Å². The molecule has 0 radical (unpaired) electrons. The van der Waals surface area contributed by atoms with Gasteiger partial charge in [0, 0.05) is 24.0 Å². The Morgan fingerprint density at radius 1 is 1.50 bits per heavy atom. The molecule has 0 bridgehead atoms. The average molecular weight is 268 g/mol. The Kier molecular flexibility index (Phi) is 3.81. The Bertz CT molecular complexity index is 461. The minimum Gasteiger partial charge on any atom is -0.508 e. The Morgan fingerprint density at radius 3 is 2.83 bits per heavy atom. The molecule has 2 rings (SSSR count). The lowest BCUT2D eigenvalue weighted by atomic mass is 9.98. The van der Waals surface area contributed by atoms with Crippen molar-refractivity contribution in [1.82, 2.24) is 4.90 Å². The van der Waals surface area contributed by atoms with Crippen LogP contribution in [0, 0.1) is 12.8 Å². The summed E-state index contributed by atoms with van der Waals surface area (Å²) in [5, 5.41) is 9.53. The van der Waals surface area contributed by atoms with Crippen LogP contribution in [0.4, 0.5) is 0 Å². The summed E-state index contributed by atoms with van der Waals surface area (Å²) in [7, 11) is 0. The SMILES string of the molecule is Cc1cc(O)ccc1C(=O)N1CCC(Cl)C(C)C1. The second kappa shape index (κ2) is 5.19. The second-order valence-electron chi connectivity index (χ2n) is 5.03. The predicted molar refractivity (Wildman–Crippen MR) is 72.2 cm³/mol. The minimum atomic E-state index is 0.0305. The summed E-state index contributed by atoms with van der Waals surface area (Å²) >= 11 is 6.16. The van der Waals surface area contributed by atoms with Crippen LogP contribution in [-0.4, -0.2) is 34.4 Å². The fourth-order valence-corrected chi connectivity index (χ4v) is 2.54. The van der Waals surface area contributed by atoms with Crippen LogP contribution >= 0.6 is 11.6 Å². The van der Waals surface area contributed by atoms with Crippen LogP contribution in [-0.2, 0) is 0 Å². The van der Waals surface area contributed by atoms with E-state index < -0.39 is 0 Å². The number of rotatable bonds is 1. The number of carbonyl (C=O) groups is 1. The Hall–Kier alpha value is -1.22. The van der Waals surface area contributed by atoms with Crippen molar-refractivity contribution in [3.05, 3.63) is 29.3 Å². The van der Waals surface area contributed by atoms with Gasteiger partial charge < -0.3 is 10.0 Å². The molecule has 1 saturated heterocycles. The zero-order valence-corrected chi connectivity index (χ0v) is 11.4. The van der Waals surface area contributed by atoms with Crippen molar-refractivity contribution in [1.29, 1.82) is 0 Å². The highest BCUT2D eigenvalue weighted by Gasteiger charge is 2.28. The topological polar surface area (TPSA) is 40.5 Å². The third-order valence-electron chi connectivity index (χ3n) is 3.53. The van der Waals surface area contributed by atoms with Gasteiger partial charge in [-0.15, -0.1) is 11.6 Å². The highest BCUT2D eigenvalue weighted by Crippen LogP contribution is 2.24. The molecule has 98 valence electrons. The predicted octanol–water partition coefficient (Wildman–Crippen LogP) is 2.79. The van der Waals surface area contributed by atoms with Crippen LogP contribution in [0.5, 0.6) is 5.75 Å². The monoisotopic (exact) mass is 267 g/mol.